The summed E-state index contributed by atoms with van der Waals surface area (Å²) < 4.78 is 26.4. The van der Waals surface area contributed by atoms with Crippen molar-refractivity contribution >= 4 is 28.2 Å². The number of carbonyl (C=O) groups excluding carboxylic acids is 2. The van der Waals surface area contributed by atoms with Gasteiger partial charge in [0.15, 0.2) is 0 Å². The first-order valence-corrected chi connectivity index (χ1v) is 7.49. The highest BCUT2D eigenvalue weighted by Gasteiger charge is 2.26. The Balaban J connectivity index is 1.93. The maximum atomic E-state index is 13.2. The number of nitrogens with two attached hydrogens (primary N) is 1. The number of aryl methyl sites for hydroxylation is 1. The Morgan fingerprint density at radius 2 is 1.82 bits per heavy atom. The van der Waals surface area contributed by atoms with Gasteiger partial charge in [0.1, 0.15) is 16.6 Å². The van der Waals surface area contributed by atoms with Gasteiger partial charge in [-0.15, -0.1) is 11.3 Å². The molecule has 1 aromatic carbocycles. The molecule has 2 amide bonds. The highest BCUT2D eigenvalue weighted by molar-refractivity contribution is 7.17. The fourth-order valence-electron chi connectivity index (χ4n) is 2.61. The first kappa shape index (κ1) is 14.6. The summed E-state index contributed by atoms with van der Waals surface area (Å²) in [5, 5.41) is 2.88. The van der Waals surface area contributed by atoms with Crippen molar-refractivity contribution in [2.75, 3.05) is 5.32 Å². The predicted molar refractivity (Wildman–Crippen MR) is 79.2 cm³/mol. The fourth-order valence-corrected chi connectivity index (χ4v) is 3.90. The minimum Gasteiger partial charge on any atom is -0.365 e. The Bertz CT molecular complexity index is 766. The highest BCUT2D eigenvalue weighted by Crippen LogP contribution is 2.39. The van der Waals surface area contributed by atoms with Crippen molar-refractivity contribution in [1.29, 1.82) is 0 Å². The maximum absolute atomic E-state index is 13.2. The molecule has 0 spiro atoms. The number of rotatable bonds is 3. The summed E-state index contributed by atoms with van der Waals surface area (Å²) in [5.74, 6) is -2.97. The lowest BCUT2D eigenvalue weighted by atomic mass is 10.1. The number of fused-ring (bicyclic) bond motifs is 1. The van der Waals surface area contributed by atoms with Gasteiger partial charge >= 0.3 is 0 Å². The lowest BCUT2D eigenvalue weighted by Gasteiger charge is -2.06. The number of amides is 2. The number of thiophene rings is 1. The van der Waals surface area contributed by atoms with Crippen molar-refractivity contribution in [1.82, 2.24) is 0 Å². The molecule has 0 saturated heterocycles. The molecule has 7 heteroatoms. The van der Waals surface area contributed by atoms with Crippen LogP contribution in [0.25, 0.3) is 0 Å². The second-order valence-electron chi connectivity index (χ2n) is 5.04. The van der Waals surface area contributed by atoms with Crippen LogP contribution in [0.5, 0.6) is 0 Å². The summed E-state index contributed by atoms with van der Waals surface area (Å²) in [6.07, 6.45) is 2.53. The lowest BCUT2D eigenvalue weighted by Crippen LogP contribution is -2.18. The average molecular weight is 322 g/mol. The van der Waals surface area contributed by atoms with E-state index in [1.807, 2.05) is 0 Å². The van der Waals surface area contributed by atoms with E-state index in [4.69, 9.17) is 5.73 Å². The predicted octanol–water partition coefficient (Wildman–Crippen LogP) is 2.87. The van der Waals surface area contributed by atoms with E-state index in [0.717, 1.165) is 41.8 Å². The van der Waals surface area contributed by atoms with Crippen molar-refractivity contribution < 1.29 is 18.4 Å². The number of benzene rings is 1. The van der Waals surface area contributed by atoms with Gasteiger partial charge in [-0.3, -0.25) is 9.59 Å². The summed E-state index contributed by atoms with van der Waals surface area (Å²) in [4.78, 5) is 24.8. The molecular weight excluding hydrogens is 310 g/mol. The van der Waals surface area contributed by atoms with Crippen LogP contribution in [0, 0.1) is 11.6 Å². The molecule has 114 valence electrons. The molecule has 1 aliphatic carbocycles. The van der Waals surface area contributed by atoms with Gasteiger partial charge < -0.3 is 11.1 Å². The van der Waals surface area contributed by atoms with Crippen LogP contribution < -0.4 is 11.1 Å². The van der Waals surface area contributed by atoms with Crippen molar-refractivity contribution in [2.24, 2.45) is 5.73 Å². The van der Waals surface area contributed by atoms with Crippen LogP contribution in [-0.2, 0) is 12.8 Å². The summed E-state index contributed by atoms with van der Waals surface area (Å²) in [5.41, 5.74) is 6.42. The Morgan fingerprint density at radius 3 is 2.45 bits per heavy atom. The van der Waals surface area contributed by atoms with E-state index in [9.17, 15) is 18.4 Å². The molecule has 4 nitrogen and oxygen atoms in total. The molecule has 0 aliphatic heterocycles. The van der Waals surface area contributed by atoms with Crippen molar-refractivity contribution in [3.05, 3.63) is 51.4 Å². The van der Waals surface area contributed by atoms with E-state index in [1.165, 1.54) is 11.3 Å². The molecule has 0 atom stereocenters. The van der Waals surface area contributed by atoms with Gasteiger partial charge in [0.2, 0.25) is 0 Å². The summed E-state index contributed by atoms with van der Waals surface area (Å²) in [6, 6.07) is 2.55. The van der Waals surface area contributed by atoms with Crippen LogP contribution in [0.2, 0.25) is 0 Å². The molecule has 0 bridgehead atoms. The van der Waals surface area contributed by atoms with Gasteiger partial charge in [-0.1, -0.05) is 0 Å². The first-order valence-electron chi connectivity index (χ1n) is 6.67. The third-order valence-corrected chi connectivity index (χ3v) is 4.73. The van der Waals surface area contributed by atoms with E-state index in [0.29, 0.717) is 16.6 Å². The van der Waals surface area contributed by atoms with Crippen molar-refractivity contribution in [3.63, 3.8) is 0 Å². The summed E-state index contributed by atoms with van der Waals surface area (Å²) in [6.45, 7) is 0. The summed E-state index contributed by atoms with van der Waals surface area (Å²) in [7, 11) is 0. The Hall–Kier alpha value is -2.28. The zero-order valence-corrected chi connectivity index (χ0v) is 12.2. The van der Waals surface area contributed by atoms with Gasteiger partial charge in [0.05, 0.1) is 5.56 Å². The van der Waals surface area contributed by atoms with E-state index >= 15 is 0 Å². The minimum absolute atomic E-state index is 0.151. The lowest BCUT2D eigenvalue weighted by molar-refractivity contribution is 0.100. The molecule has 1 heterocycles. The smallest absolute Gasteiger partial charge is 0.256 e. The van der Waals surface area contributed by atoms with Gasteiger partial charge in [0, 0.05) is 16.5 Å². The zero-order valence-electron chi connectivity index (χ0n) is 11.4. The Labute approximate surface area is 128 Å². The van der Waals surface area contributed by atoms with Crippen molar-refractivity contribution in [3.8, 4) is 0 Å². The quantitative estimate of drug-likeness (QED) is 0.912. The van der Waals surface area contributed by atoms with Crippen LogP contribution in [0.1, 0.15) is 37.6 Å². The normalized spacial score (nSPS) is 13.0. The molecule has 0 saturated carbocycles. The van der Waals surface area contributed by atoms with Crippen LogP contribution in [-0.4, -0.2) is 11.8 Å². The van der Waals surface area contributed by atoms with E-state index in [2.05, 4.69) is 5.32 Å². The minimum atomic E-state index is -0.839. The Kier molecular flexibility index (Phi) is 3.66. The van der Waals surface area contributed by atoms with Crippen molar-refractivity contribution in [2.45, 2.75) is 19.3 Å². The number of primary amides is 1. The molecular formula is C15H12F2N2O2S. The van der Waals surface area contributed by atoms with Crippen LogP contribution >= 0.6 is 11.3 Å². The third-order valence-electron chi connectivity index (χ3n) is 3.52. The number of anilines is 1. The molecule has 2 aromatic rings. The molecule has 1 aliphatic rings. The van der Waals surface area contributed by atoms with E-state index < -0.39 is 23.4 Å². The first-order chi connectivity index (χ1) is 10.5. The monoisotopic (exact) mass is 322 g/mol. The number of hydrogen-bond acceptors (Lipinski definition) is 3. The second kappa shape index (κ2) is 5.49. The van der Waals surface area contributed by atoms with Gasteiger partial charge in [-0.05, 0) is 37.0 Å². The molecule has 0 unspecified atom stereocenters. The standard InChI is InChI=1S/C15H12F2N2O2S/c16-8-4-7(5-9(17)6-8)14(21)19-15-12(13(18)20)10-2-1-3-11(10)22-15/h4-6H,1-3H2,(H2,18,20)(H,19,21). The zero-order chi connectivity index (χ0) is 15.9. The maximum Gasteiger partial charge on any atom is 0.256 e. The number of hydrogen-bond donors (Lipinski definition) is 2. The molecule has 3 N–H and O–H groups in total. The molecule has 1 aromatic heterocycles. The highest BCUT2D eigenvalue weighted by atomic mass is 32.1. The average Bonchev–Trinajstić information content (AvgIpc) is 2.96. The second-order valence-corrected chi connectivity index (χ2v) is 6.14. The number of nitrogens with one attached hydrogen (secondary N) is 1. The van der Waals surface area contributed by atoms with Gasteiger partial charge in [0.25, 0.3) is 11.8 Å². The molecule has 3 rings (SSSR count). The third kappa shape index (κ3) is 2.59. The van der Waals surface area contributed by atoms with E-state index in [-0.39, 0.29) is 5.56 Å². The number of carbonyl (C=O) groups is 2. The van der Waals surface area contributed by atoms with Crippen LogP contribution in [0.15, 0.2) is 18.2 Å². The number of halogens is 2. The van der Waals surface area contributed by atoms with Gasteiger partial charge in [-0.2, -0.15) is 0 Å². The van der Waals surface area contributed by atoms with Crippen LogP contribution in [0.4, 0.5) is 13.8 Å². The largest absolute Gasteiger partial charge is 0.365 e. The molecule has 0 fully saturated rings. The van der Waals surface area contributed by atoms with Crippen LogP contribution in [0.3, 0.4) is 0 Å². The Morgan fingerprint density at radius 1 is 1.14 bits per heavy atom. The summed E-state index contributed by atoms with van der Waals surface area (Å²) >= 11 is 1.29. The SMILES string of the molecule is NC(=O)c1c(NC(=O)c2cc(F)cc(F)c2)sc2c1CCC2. The van der Waals surface area contributed by atoms with E-state index in [1.54, 1.807) is 0 Å². The fraction of sp³-hybridized carbons (Fsp3) is 0.200. The topological polar surface area (TPSA) is 72.2 Å². The molecule has 22 heavy (non-hydrogen) atoms. The van der Waals surface area contributed by atoms with Gasteiger partial charge in [-0.25, -0.2) is 8.78 Å². The molecule has 0 radical (unpaired) electrons.